The van der Waals surface area contributed by atoms with Crippen molar-refractivity contribution in [3.8, 4) is 5.88 Å². The average molecular weight is 304 g/mol. The van der Waals surface area contributed by atoms with Crippen molar-refractivity contribution < 1.29 is 19.1 Å². The van der Waals surface area contributed by atoms with E-state index in [0.717, 1.165) is 12.8 Å². The molecular weight excluding hydrogens is 284 g/mol. The fraction of sp³-hybridized carbons (Fsp3) is 0.562. The van der Waals surface area contributed by atoms with Crippen LogP contribution in [0.1, 0.15) is 36.5 Å². The van der Waals surface area contributed by atoms with E-state index in [9.17, 15) is 9.59 Å². The van der Waals surface area contributed by atoms with Crippen LogP contribution in [-0.2, 0) is 9.53 Å². The van der Waals surface area contributed by atoms with Crippen LogP contribution in [0.25, 0.3) is 0 Å². The second kappa shape index (κ2) is 6.04. The van der Waals surface area contributed by atoms with Crippen LogP contribution in [0.3, 0.4) is 0 Å². The Balaban J connectivity index is 1.75. The second-order valence-corrected chi connectivity index (χ2v) is 5.64. The Kier molecular flexibility index (Phi) is 4.11. The third-order valence-electron chi connectivity index (χ3n) is 4.30. The van der Waals surface area contributed by atoms with Crippen molar-refractivity contribution in [2.75, 3.05) is 26.3 Å². The molecule has 0 saturated carbocycles. The molecule has 3 heterocycles. The van der Waals surface area contributed by atoms with Gasteiger partial charge in [-0.15, -0.1) is 0 Å². The van der Waals surface area contributed by atoms with Gasteiger partial charge in [-0.05, 0) is 31.9 Å². The minimum absolute atomic E-state index is 0.00597. The Morgan fingerprint density at radius 3 is 3.05 bits per heavy atom. The van der Waals surface area contributed by atoms with E-state index in [0.29, 0.717) is 37.6 Å². The van der Waals surface area contributed by atoms with Crippen LogP contribution in [0.15, 0.2) is 18.3 Å². The first kappa shape index (κ1) is 15.0. The van der Waals surface area contributed by atoms with Crippen molar-refractivity contribution in [2.45, 2.75) is 31.8 Å². The molecule has 0 aliphatic carbocycles. The molecular formula is C16H20N2O4. The van der Waals surface area contributed by atoms with E-state index in [4.69, 9.17) is 9.47 Å². The number of rotatable bonds is 3. The molecule has 1 atom stereocenters. The van der Waals surface area contributed by atoms with Crippen molar-refractivity contribution in [3.05, 3.63) is 23.9 Å². The molecule has 0 N–H and O–H groups in total. The zero-order valence-electron chi connectivity index (χ0n) is 12.7. The summed E-state index contributed by atoms with van der Waals surface area (Å²) in [6.45, 7) is 3.53. The molecule has 6 nitrogen and oxygen atoms in total. The highest BCUT2D eigenvalue weighted by atomic mass is 16.5. The number of hydrogen-bond acceptors (Lipinski definition) is 5. The highest BCUT2D eigenvalue weighted by Crippen LogP contribution is 2.34. The van der Waals surface area contributed by atoms with Crippen LogP contribution in [0.4, 0.5) is 0 Å². The molecule has 22 heavy (non-hydrogen) atoms. The van der Waals surface area contributed by atoms with Gasteiger partial charge >= 0.3 is 0 Å². The fourth-order valence-corrected chi connectivity index (χ4v) is 3.11. The molecule has 1 aromatic heterocycles. The Morgan fingerprint density at radius 1 is 1.50 bits per heavy atom. The minimum Gasteiger partial charge on any atom is -0.477 e. The molecule has 0 aromatic carbocycles. The molecule has 3 rings (SSSR count). The zero-order valence-corrected chi connectivity index (χ0v) is 12.7. The van der Waals surface area contributed by atoms with E-state index >= 15 is 0 Å². The number of amides is 1. The van der Waals surface area contributed by atoms with E-state index in [1.807, 2.05) is 6.92 Å². The maximum atomic E-state index is 12.7. The van der Waals surface area contributed by atoms with E-state index in [-0.39, 0.29) is 18.2 Å². The van der Waals surface area contributed by atoms with Gasteiger partial charge in [-0.25, -0.2) is 4.98 Å². The van der Waals surface area contributed by atoms with Crippen LogP contribution in [-0.4, -0.2) is 53.5 Å². The normalized spacial score (nSPS) is 24.8. The van der Waals surface area contributed by atoms with Crippen LogP contribution in [0.5, 0.6) is 5.88 Å². The highest BCUT2D eigenvalue weighted by Gasteiger charge is 2.46. The number of pyridine rings is 1. The quantitative estimate of drug-likeness (QED) is 0.845. The van der Waals surface area contributed by atoms with Crippen molar-refractivity contribution in [1.29, 1.82) is 0 Å². The van der Waals surface area contributed by atoms with Crippen LogP contribution in [0.2, 0.25) is 0 Å². The van der Waals surface area contributed by atoms with Gasteiger partial charge in [-0.3, -0.25) is 9.59 Å². The average Bonchev–Trinajstić information content (AvgIpc) is 3.00. The lowest BCUT2D eigenvalue weighted by Gasteiger charge is -2.37. The third-order valence-corrected chi connectivity index (χ3v) is 4.30. The molecule has 2 aliphatic heterocycles. The number of carbonyl (C=O) groups is 2. The molecule has 0 bridgehead atoms. The Hall–Kier alpha value is -1.95. The first-order chi connectivity index (χ1) is 10.7. The molecule has 1 aromatic rings. The molecule has 2 fully saturated rings. The summed E-state index contributed by atoms with van der Waals surface area (Å²) in [6, 6.07) is 3.38. The summed E-state index contributed by atoms with van der Waals surface area (Å²) in [7, 11) is 0. The predicted octanol–water partition coefficient (Wildman–Crippen LogP) is 1.44. The number of likely N-dealkylation sites (tertiary alicyclic amines) is 1. The summed E-state index contributed by atoms with van der Waals surface area (Å²) in [5.74, 6) is 0.115. The van der Waals surface area contributed by atoms with Crippen LogP contribution in [0, 0.1) is 0 Å². The first-order valence-electron chi connectivity index (χ1n) is 7.70. The lowest BCUT2D eigenvalue weighted by atomic mass is 9.87. The molecule has 1 amide bonds. The third kappa shape index (κ3) is 2.59. The van der Waals surface area contributed by atoms with Gasteiger partial charge in [0.1, 0.15) is 11.2 Å². The number of piperidine rings is 1. The highest BCUT2D eigenvalue weighted by molar-refractivity contribution is 6.00. The summed E-state index contributed by atoms with van der Waals surface area (Å²) >= 11 is 0. The van der Waals surface area contributed by atoms with Crippen molar-refractivity contribution in [3.63, 3.8) is 0 Å². The molecule has 6 heteroatoms. The van der Waals surface area contributed by atoms with E-state index in [1.54, 1.807) is 23.2 Å². The van der Waals surface area contributed by atoms with Crippen molar-refractivity contribution in [1.82, 2.24) is 9.88 Å². The number of ether oxygens (including phenoxy) is 2. The summed E-state index contributed by atoms with van der Waals surface area (Å²) < 4.78 is 11.1. The van der Waals surface area contributed by atoms with Gasteiger partial charge < -0.3 is 14.4 Å². The number of Topliss-reactive ketones (excluding diaryl/α,β-unsaturated/α-hetero) is 1. The van der Waals surface area contributed by atoms with E-state index in [2.05, 4.69) is 4.98 Å². The van der Waals surface area contributed by atoms with E-state index in [1.165, 1.54) is 0 Å². The first-order valence-corrected chi connectivity index (χ1v) is 7.70. The monoisotopic (exact) mass is 304 g/mol. The number of nitrogens with zero attached hydrogens (tertiary/aromatic N) is 2. The van der Waals surface area contributed by atoms with Crippen LogP contribution < -0.4 is 4.74 Å². The van der Waals surface area contributed by atoms with Gasteiger partial charge in [0.2, 0.25) is 5.88 Å². The Bertz CT molecular complexity index is 581. The molecule has 0 radical (unpaired) electrons. The fourth-order valence-electron chi connectivity index (χ4n) is 3.11. The van der Waals surface area contributed by atoms with Crippen molar-refractivity contribution in [2.24, 2.45) is 0 Å². The summed E-state index contributed by atoms with van der Waals surface area (Å²) in [4.78, 5) is 30.7. The number of hydrogen-bond donors (Lipinski definition) is 0. The van der Waals surface area contributed by atoms with Gasteiger partial charge in [0.15, 0.2) is 5.78 Å². The lowest BCUT2D eigenvalue weighted by molar-refractivity contribution is -0.144. The Morgan fingerprint density at radius 2 is 2.36 bits per heavy atom. The summed E-state index contributed by atoms with van der Waals surface area (Å²) in [5.41, 5.74) is -0.241. The minimum atomic E-state index is -0.644. The molecule has 0 unspecified atom stereocenters. The maximum absolute atomic E-state index is 12.7. The van der Waals surface area contributed by atoms with Gasteiger partial charge in [-0.2, -0.15) is 0 Å². The molecule has 2 saturated heterocycles. The van der Waals surface area contributed by atoms with Gasteiger partial charge in [0.25, 0.3) is 5.91 Å². The lowest BCUT2D eigenvalue weighted by Crippen LogP contribution is -2.53. The topological polar surface area (TPSA) is 68.7 Å². The Labute approximate surface area is 129 Å². The second-order valence-electron chi connectivity index (χ2n) is 5.64. The largest absolute Gasteiger partial charge is 0.477 e. The number of ketones is 1. The number of carbonyl (C=O) groups excluding carboxylic acids is 2. The van der Waals surface area contributed by atoms with Gasteiger partial charge in [0, 0.05) is 25.8 Å². The van der Waals surface area contributed by atoms with Crippen LogP contribution >= 0.6 is 0 Å². The number of aromatic nitrogens is 1. The maximum Gasteiger partial charge on any atom is 0.259 e. The summed E-state index contributed by atoms with van der Waals surface area (Å²) in [6.07, 6.45) is 3.84. The predicted molar refractivity (Wildman–Crippen MR) is 78.9 cm³/mol. The molecule has 118 valence electrons. The SMILES string of the molecule is CCOc1ncccc1C(=O)N1CC[C@@]2(CCCO2)C(=O)C1. The zero-order chi connectivity index (χ0) is 15.6. The molecule has 2 aliphatic rings. The van der Waals surface area contributed by atoms with Gasteiger partial charge in [0.05, 0.1) is 13.2 Å². The van der Waals surface area contributed by atoms with Crippen molar-refractivity contribution >= 4 is 11.7 Å². The van der Waals surface area contributed by atoms with Gasteiger partial charge in [-0.1, -0.05) is 0 Å². The smallest absolute Gasteiger partial charge is 0.259 e. The summed E-state index contributed by atoms with van der Waals surface area (Å²) in [5, 5.41) is 0. The standard InChI is InChI=1S/C16H20N2O4/c1-2-21-14-12(5-3-8-17-14)15(20)18-9-7-16(13(19)11-18)6-4-10-22-16/h3,5,8H,2,4,6-7,9-11H2,1H3/t16-/m0/s1. The van der Waals surface area contributed by atoms with E-state index < -0.39 is 5.60 Å². The molecule has 1 spiro atoms.